The minimum Gasteiger partial charge on any atom is -0.382 e. The van der Waals surface area contributed by atoms with E-state index in [1.165, 1.54) is 24.8 Å². The largest absolute Gasteiger partial charge is 0.382 e. The zero-order chi connectivity index (χ0) is 19.2. The number of nitrogens with one attached hydrogen (secondary N) is 1. The molecule has 0 radical (unpaired) electrons. The van der Waals surface area contributed by atoms with E-state index in [0.29, 0.717) is 35.7 Å². The Balaban J connectivity index is 0.000000177. The Morgan fingerprint density at radius 2 is 2.00 bits per heavy atom. The molecular formula is C19H21FN6O. The van der Waals surface area contributed by atoms with Gasteiger partial charge in [0.1, 0.15) is 17.7 Å². The van der Waals surface area contributed by atoms with E-state index >= 15 is 0 Å². The summed E-state index contributed by atoms with van der Waals surface area (Å²) in [5.41, 5.74) is 9.54. The second-order valence-electron chi connectivity index (χ2n) is 5.78. The first-order valence-electron chi connectivity index (χ1n) is 8.67. The van der Waals surface area contributed by atoms with Crippen LogP contribution in [-0.4, -0.2) is 31.5 Å². The highest BCUT2D eigenvalue weighted by molar-refractivity contribution is 5.80. The summed E-state index contributed by atoms with van der Waals surface area (Å²) >= 11 is 0. The van der Waals surface area contributed by atoms with Gasteiger partial charge in [0.15, 0.2) is 11.5 Å². The van der Waals surface area contributed by atoms with Gasteiger partial charge in [-0.15, -0.1) is 0 Å². The van der Waals surface area contributed by atoms with Crippen molar-refractivity contribution in [1.29, 1.82) is 0 Å². The summed E-state index contributed by atoms with van der Waals surface area (Å²) in [5.74, 6) is 0.180. The van der Waals surface area contributed by atoms with Gasteiger partial charge in [0.25, 0.3) is 0 Å². The molecule has 0 saturated carbocycles. The topological polar surface area (TPSA) is 103 Å². The van der Waals surface area contributed by atoms with Crippen molar-refractivity contribution in [3.05, 3.63) is 54.0 Å². The second-order valence-corrected chi connectivity index (χ2v) is 5.78. The molecule has 27 heavy (non-hydrogen) atoms. The fraction of sp³-hybridized carbons (Fsp3) is 0.263. The fourth-order valence-corrected chi connectivity index (χ4v) is 2.64. The molecule has 4 aromatic rings. The Labute approximate surface area is 155 Å². The van der Waals surface area contributed by atoms with Crippen molar-refractivity contribution in [3.8, 4) is 0 Å². The molecule has 3 N–H and O–H groups in total. The van der Waals surface area contributed by atoms with Crippen molar-refractivity contribution in [2.24, 2.45) is 0 Å². The minimum atomic E-state index is -0.253. The third-order valence-electron chi connectivity index (χ3n) is 4.02. The maximum Gasteiger partial charge on any atom is 0.182 e. The van der Waals surface area contributed by atoms with Crippen LogP contribution in [-0.2, 0) is 17.8 Å². The maximum atomic E-state index is 13.1. The molecule has 3 heterocycles. The molecule has 0 atom stereocenters. The number of aryl methyl sites for hydroxylation is 1. The molecule has 0 saturated heterocycles. The number of pyridine rings is 1. The number of rotatable bonds is 4. The van der Waals surface area contributed by atoms with Crippen LogP contribution >= 0.6 is 0 Å². The molecule has 4 rings (SSSR count). The van der Waals surface area contributed by atoms with Crippen molar-refractivity contribution in [2.45, 2.75) is 26.9 Å². The molecule has 3 aromatic heterocycles. The van der Waals surface area contributed by atoms with Gasteiger partial charge in [-0.3, -0.25) is 0 Å². The molecule has 140 valence electrons. The summed E-state index contributed by atoms with van der Waals surface area (Å²) in [6.45, 7) is 5.19. The van der Waals surface area contributed by atoms with Gasteiger partial charge < -0.3 is 15.5 Å². The van der Waals surface area contributed by atoms with Gasteiger partial charge in [-0.05, 0) is 37.1 Å². The van der Waals surface area contributed by atoms with Crippen LogP contribution in [0.1, 0.15) is 25.1 Å². The number of benzene rings is 1. The van der Waals surface area contributed by atoms with E-state index in [1.807, 2.05) is 6.92 Å². The summed E-state index contributed by atoms with van der Waals surface area (Å²) in [6.07, 6.45) is 3.83. The molecule has 0 aliphatic heterocycles. The van der Waals surface area contributed by atoms with Crippen LogP contribution in [0.25, 0.3) is 22.1 Å². The van der Waals surface area contributed by atoms with E-state index in [9.17, 15) is 4.39 Å². The van der Waals surface area contributed by atoms with Gasteiger partial charge in [0.2, 0.25) is 0 Å². The number of ether oxygens (including phenoxy) is 1. The predicted octanol–water partition coefficient (Wildman–Crippen LogP) is 3.41. The first-order valence-corrected chi connectivity index (χ1v) is 8.67. The number of halogens is 1. The number of imidazole rings is 1. The number of aromatic amines is 1. The highest BCUT2D eigenvalue weighted by Gasteiger charge is 2.06. The zero-order valence-corrected chi connectivity index (χ0v) is 15.2. The number of hydrogen-bond acceptors (Lipinski definition) is 6. The molecule has 0 spiro atoms. The van der Waals surface area contributed by atoms with Crippen LogP contribution in [0.5, 0.6) is 0 Å². The van der Waals surface area contributed by atoms with Gasteiger partial charge in [-0.2, -0.15) is 0 Å². The number of H-pyrrole nitrogens is 1. The molecule has 8 heteroatoms. The molecule has 0 aliphatic rings. The average Bonchev–Trinajstić information content (AvgIpc) is 3.16. The molecule has 0 fully saturated rings. The summed E-state index contributed by atoms with van der Waals surface area (Å²) in [5, 5.41) is 0.975. The molecular weight excluding hydrogens is 347 g/mol. The maximum absolute atomic E-state index is 13.1. The van der Waals surface area contributed by atoms with E-state index in [2.05, 4.69) is 37.9 Å². The van der Waals surface area contributed by atoms with Crippen LogP contribution in [0.15, 0.2) is 36.9 Å². The molecule has 0 unspecified atom stereocenters. The summed E-state index contributed by atoms with van der Waals surface area (Å²) < 4.78 is 18.5. The van der Waals surface area contributed by atoms with Crippen LogP contribution < -0.4 is 5.73 Å². The minimum absolute atomic E-state index is 0.253. The Morgan fingerprint density at radius 3 is 2.74 bits per heavy atom. The van der Waals surface area contributed by atoms with Gasteiger partial charge in [0, 0.05) is 18.1 Å². The van der Waals surface area contributed by atoms with Crippen molar-refractivity contribution < 1.29 is 9.13 Å². The van der Waals surface area contributed by atoms with Crippen molar-refractivity contribution in [3.63, 3.8) is 0 Å². The lowest BCUT2D eigenvalue weighted by Gasteiger charge is -2.09. The molecule has 7 nitrogen and oxygen atoms in total. The third kappa shape index (κ3) is 4.35. The first kappa shape index (κ1) is 18.7. The van der Waals surface area contributed by atoms with Crippen LogP contribution in [0, 0.1) is 5.82 Å². The smallest absolute Gasteiger partial charge is 0.182 e. The van der Waals surface area contributed by atoms with Crippen LogP contribution in [0.2, 0.25) is 0 Å². The summed E-state index contributed by atoms with van der Waals surface area (Å²) in [6, 6.07) is 6.76. The van der Waals surface area contributed by atoms with E-state index in [4.69, 9.17) is 10.5 Å². The van der Waals surface area contributed by atoms with Gasteiger partial charge in [0.05, 0.1) is 24.1 Å². The van der Waals surface area contributed by atoms with Crippen LogP contribution in [0.3, 0.4) is 0 Å². The van der Waals surface area contributed by atoms with E-state index in [1.54, 1.807) is 6.07 Å². The normalized spacial score (nSPS) is 10.8. The molecule has 0 amide bonds. The zero-order valence-electron chi connectivity index (χ0n) is 15.2. The lowest BCUT2D eigenvalue weighted by molar-refractivity contribution is 0.131. The van der Waals surface area contributed by atoms with Crippen molar-refractivity contribution in [2.75, 3.05) is 12.3 Å². The number of hydrogen-bond donors (Lipinski definition) is 2. The SMILES string of the molecule is CCOCc1nc2cc(F)ccc2cc1CC.Nc1ncnc2nc[nH]c12. The fourth-order valence-electron chi connectivity index (χ4n) is 2.64. The van der Waals surface area contributed by atoms with E-state index < -0.39 is 0 Å². The number of anilines is 1. The average molecular weight is 368 g/mol. The highest BCUT2D eigenvalue weighted by Crippen LogP contribution is 2.19. The Kier molecular flexibility index (Phi) is 5.87. The quantitative estimate of drug-likeness (QED) is 0.572. The molecule has 0 bridgehead atoms. The Bertz CT molecular complexity index is 1050. The predicted molar refractivity (Wildman–Crippen MR) is 103 cm³/mol. The Hall–Kier alpha value is -3.13. The number of fused-ring (bicyclic) bond motifs is 2. The highest BCUT2D eigenvalue weighted by atomic mass is 19.1. The van der Waals surface area contributed by atoms with E-state index in [0.717, 1.165) is 23.1 Å². The number of aromatic nitrogens is 5. The van der Waals surface area contributed by atoms with Gasteiger partial charge in [-0.25, -0.2) is 24.3 Å². The lowest BCUT2D eigenvalue weighted by Crippen LogP contribution is -2.01. The van der Waals surface area contributed by atoms with Gasteiger partial charge >= 0.3 is 0 Å². The van der Waals surface area contributed by atoms with Crippen LogP contribution in [0.4, 0.5) is 10.2 Å². The van der Waals surface area contributed by atoms with Crippen molar-refractivity contribution >= 4 is 27.9 Å². The van der Waals surface area contributed by atoms with Crippen molar-refractivity contribution in [1.82, 2.24) is 24.9 Å². The first-order chi connectivity index (χ1) is 13.1. The monoisotopic (exact) mass is 368 g/mol. The number of nitrogens with two attached hydrogens (primary N) is 1. The Morgan fingerprint density at radius 1 is 1.15 bits per heavy atom. The summed E-state index contributed by atoms with van der Waals surface area (Å²) in [7, 11) is 0. The number of nitrogen functional groups attached to an aromatic ring is 1. The number of nitrogens with zero attached hydrogens (tertiary/aromatic N) is 4. The molecule has 1 aromatic carbocycles. The molecule has 0 aliphatic carbocycles. The summed E-state index contributed by atoms with van der Waals surface area (Å²) in [4.78, 5) is 18.8. The third-order valence-corrected chi connectivity index (χ3v) is 4.02. The lowest BCUT2D eigenvalue weighted by atomic mass is 10.1. The van der Waals surface area contributed by atoms with Gasteiger partial charge in [-0.1, -0.05) is 6.92 Å². The second kappa shape index (κ2) is 8.50. The van der Waals surface area contributed by atoms with E-state index in [-0.39, 0.29) is 5.82 Å². The standard InChI is InChI=1S/C14H16FNO.C5H5N5/c1-3-10-7-11-5-6-12(15)8-13(11)16-14(10)9-17-4-2;6-4-3-5(9-1-7-3)10-2-8-4/h5-8H,3-4,9H2,1-2H3;1-2H,(H3,6,7,8,9,10).